The van der Waals surface area contributed by atoms with Gasteiger partial charge in [-0.2, -0.15) is 23.1 Å². The number of nitrogens with one attached hydrogen (secondary N) is 1. The number of halogens is 3. The van der Waals surface area contributed by atoms with E-state index < -0.39 is 33.6 Å². The SMILES string of the molecule is Cc1cc(C)c(S(=O)(=O)N[C@H]2CC[C@](C)(O)CC2)cc1-c1cn2c(N)nc(C(F)(F)F)nc2n1. The van der Waals surface area contributed by atoms with Gasteiger partial charge in [-0.1, -0.05) is 6.07 Å². The van der Waals surface area contributed by atoms with Crippen molar-refractivity contribution in [1.29, 1.82) is 0 Å². The summed E-state index contributed by atoms with van der Waals surface area (Å²) in [6, 6.07) is 2.82. The molecule has 0 saturated heterocycles. The lowest BCUT2D eigenvalue weighted by molar-refractivity contribution is -0.144. The highest BCUT2D eigenvalue weighted by atomic mass is 32.2. The number of imidazole rings is 1. The molecule has 2 aromatic heterocycles. The van der Waals surface area contributed by atoms with Gasteiger partial charge in [-0.3, -0.25) is 4.40 Å². The summed E-state index contributed by atoms with van der Waals surface area (Å²) < 4.78 is 69.4. The number of aliphatic hydroxyl groups is 1. The van der Waals surface area contributed by atoms with E-state index in [1.807, 2.05) is 0 Å². The molecule has 0 spiro atoms. The lowest BCUT2D eigenvalue weighted by Gasteiger charge is -2.33. The first-order valence-electron chi connectivity index (χ1n) is 10.6. The molecule has 184 valence electrons. The Morgan fingerprint density at radius 1 is 1.15 bits per heavy atom. The van der Waals surface area contributed by atoms with Crippen LogP contribution in [0.5, 0.6) is 0 Å². The number of hydrogen-bond acceptors (Lipinski definition) is 7. The topological polar surface area (TPSA) is 136 Å². The van der Waals surface area contributed by atoms with Crippen molar-refractivity contribution in [2.45, 2.75) is 69.2 Å². The van der Waals surface area contributed by atoms with Gasteiger partial charge in [-0.05, 0) is 63.6 Å². The predicted octanol–water partition coefficient (Wildman–Crippen LogP) is 2.98. The Kier molecular flexibility index (Phi) is 5.85. The number of hydrogen-bond donors (Lipinski definition) is 3. The van der Waals surface area contributed by atoms with Gasteiger partial charge in [0.1, 0.15) is 0 Å². The third-order valence-electron chi connectivity index (χ3n) is 6.09. The highest BCUT2D eigenvalue weighted by molar-refractivity contribution is 7.89. The largest absolute Gasteiger partial charge is 0.451 e. The van der Waals surface area contributed by atoms with Gasteiger partial charge in [0.2, 0.25) is 27.6 Å². The highest BCUT2D eigenvalue weighted by Gasteiger charge is 2.36. The van der Waals surface area contributed by atoms with Crippen molar-refractivity contribution < 1.29 is 26.7 Å². The molecule has 13 heteroatoms. The van der Waals surface area contributed by atoms with Crippen LogP contribution in [0.1, 0.15) is 49.6 Å². The monoisotopic (exact) mass is 498 g/mol. The standard InChI is InChI=1S/C21H25F3N6O3S/c1-11-8-12(2)16(34(32,33)29-13-4-6-20(3,31)7-5-13)9-14(11)15-10-30-18(25)27-17(21(22,23)24)28-19(30)26-15/h8-10,13,29,31H,4-7H2,1-3H3,(H2,25,26,27,28)/t13-,20-. The Morgan fingerprint density at radius 3 is 2.41 bits per heavy atom. The van der Waals surface area contributed by atoms with Gasteiger partial charge in [0.05, 0.1) is 16.2 Å². The highest BCUT2D eigenvalue weighted by Crippen LogP contribution is 2.32. The summed E-state index contributed by atoms with van der Waals surface area (Å²) in [4.78, 5) is 10.9. The minimum absolute atomic E-state index is 0.0394. The van der Waals surface area contributed by atoms with Crippen LogP contribution in [0.4, 0.5) is 19.1 Å². The van der Waals surface area contributed by atoms with Crippen molar-refractivity contribution in [3.63, 3.8) is 0 Å². The third-order valence-corrected chi connectivity index (χ3v) is 7.75. The Balaban J connectivity index is 1.72. The van der Waals surface area contributed by atoms with Crippen LogP contribution in [0, 0.1) is 13.8 Å². The van der Waals surface area contributed by atoms with E-state index in [4.69, 9.17) is 5.73 Å². The number of aryl methyl sites for hydroxylation is 2. The maximum absolute atomic E-state index is 13.2. The number of nitrogens with zero attached hydrogens (tertiary/aromatic N) is 4. The van der Waals surface area contributed by atoms with Crippen LogP contribution in [0.3, 0.4) is 0 Å². The molecule has 0 aliphatic heterocycles. The van der Waals surface area contributed by atoms with E-state index in [1.165, 1.54) is 12.3 Å². The molecule has 0 bridgehead atoms. The summed E-state index contributed by atoms with van der Waals surface area (Å²) in [5.74, 6) is -2.15. The van der Waals surface area contributed by atoms with Crippen molar-refractivity contribution in [2.75, 3.05) is 5.73 Å². The fourth-order valence-electron chi connectivity index (χ4n) is 4.19. The number of sulfonamides is 1. The molecule has 1 fully saturated rings. The molecule has 0 radical (unpaired) electrons. The van der Waals surface area contributed by atoms with Crippen LogP contribution in [-0.2, 0) is 16.2 Å². The summed E-state index contributed by atoms with van der Waals surface area (Å²) >= 11 is 0. The number of aromatic nitrogens is 4. The van der Waals surface area contributed by atoms with Crippen LogP contribution in [0.25, 0.3) is 17.0 Å². The molecule has 34 heavy (non-hydrogen) atoms. The number of nitrogens with two attached hydrogens (primary N) is 1. The van der Waals surface area contributed by atoms with E-state index in [2.05, 4.69) is 19.7 Å². The maximum Gasteiger partial charge on any atom is 0.451 e. The molecule has 1 aliphatic rings. The number of nitrogen functional groups attached to an aromatic ring is 1. The Hall–Kier alpha value is -2.77. The van der Waals surface area contributed by atoms with Gasteiger partial charge in [-0.15, -0.1) is 0 Å². The zero-order valence-corrected chi connectivity index (χ0v) is 19.6. The molecule has 1 aromatic carbocycles. The quantitative estimate of drug-likeness (QED) is 0.503. The lowest BCUT2D eigenvalue weighted by Crippen LogP contribution is -2.42. The van der Waals surface area contributed by atoms with Crippen molar-refractivity contribution in [1.82, 2.24) is 24.1 Å². The van der Waals surface area contributed by atoms with E-state index in [9.17, 15) is 26.7 Å². The normalized spacial score (nSPS) is 21.8. The second-order valence-electron chi connectivity index (χ2n) is 9.02. The summed E-state index contributed by atoms with van der Waals surface area (Å²) in [5, 5.41) is 10.1. The first kappa shape index (κ1) is 24.4. The fraction of sp³-hybridized carbons (Fsp3) is 0.476. The second-order valence-corrected chi connectivity index (χ2v) is 10.7. The number of alkyl halides is 3. The van der Waals surface area contributed by atoms with Gasteiger partial charge < -0.3 is 10.8 Å². The van der Waals surface area contributed by atoms with Crippen LogP contribution in [0.2, 0.25) is 0 Å². The molecule has 0 unspecified atom stereocenters. The minimum atomic E-state index is -4.79. The van der Waals surface area contributed by atoms with Crippen molar-refractivity contribution in [3.8, 4) is 11.3 Å². The second kappa shape index (κ2) is 8.17. The molecule has 4 N–H and O–H groups in total. The van der Waals surface area contributed by atoms with Crippen molar-refractivity contribution in [2.24, 2.45) is 0 Å². The molecule has 0 amide bonds. The summed E-state index contributed by atoms with van der Waals surface area (Å²) in [5.41, 5.74) is 6.69. The average Bonchev–Trinajstić information content (AvgIpc) is 3.13. The predicted molar refractivity (Wildman–Crippen MR) is 118 cm³/mol. The van der Waals surface area contributed by atoms with E-state index in [0.717, 1.165) is 4.40 Å². The smallest absolute Gasteiger partial charge is 0.390 e. The molecule has 4 rings (SSSR count). The van der Waals surface area contributed by atoms with Crippen LogP contribution < -0.4 is 10.5 Å². The Bertz CT molecular complexity index is 1360. The molecule has 1 saturated carbocycles. The average molecular weight is 499 g/mol. The minimum Gasteiger partial charge on any atom is -0.390 e. The summed E-state index contributed by atoms with van der Waals surface area (Å²) in [6.45, 7) is 5.15. The van der Waals surface area contributed by atoms with Gasteiger partial charge >= 0.3 is 6.18 Å². The van der Waals surface area contributed by atoms with Crippen molar-refractivity contribution >= 4 is 21.7 Å². The Labute approximate surface area is 194 Å². The molecule has 9 nitrogen and oxygen atoms in total. The zero-order chi connectivity index (χ0) is 25.1. The Morgan fingerprint density at radius 2 is 1.79 bits per heavy atom. The molecular formula is C21H25F3N6O3S. The third kappa shape index (κ3) is 4.72. The van der Waals surface area contributed by atoms with E-state index in [0.29, 0.717) is 42.4 Å². The van der Waals surface area contributed by atoms with Crippen LogP contribution >= 0.6 is 0 Å². The van der Waals surface area contributed by atoms with Gasteiger partial charge in [0, 0.05) is 17.8 Å². The number of anilines is 1. The molecule has 0 atom stereocenters. The molecule has 3 aromatic rings. The van der Waals surface area contributed by atoms with E-state index in [-0.39, 0.29) is 22.4 Å². The first-order chi connectivity index (χ1) is 15.7. The van der Waals surface area contributed by atoms with Crippen LogP contribution in [-0.4, -0.2) is 44.5 Å². The van der Waals surface area contributed by atoms with E-state index in [1.54, 1.807) is 26.8 Å². The molecule has 1 aliphatic carbocycles. The zero-order valence-electron chi connectivity index (χ0n) is 18.8. The first-order valence-corrected chi connectivity index (χ1v) is 12.1. The van der Waals surface area contributed by atoms with Crippen LogP contribution in [0.15, 0.2) is 23.2 Å². The van der Waals surface area contributed by atoms with Gasteiger partial charge in [0.25, 0.3) is 0 Å². The number of fused-ring (bicyclic) bond motifs is 1. The maximum atomic E-state index is 13.2. The summed E-state index contributed by atoms with van der Waals surface area (Å²) in [7, 11) is -3.91. The molecule has 2 heterocycles. The molecular weight excluding hydrogens is 473 g/mol. The number of benzene rings is 1. The van der Waals surface area contributed by atoms with E-state index >= 15 is 0 Å². The number of rotatable bonds is 4. The summed E-state index contributed by atoms with van der Waals surface area (Å²) in [6.07, 6.45) is -1.42. The van der Waals surface area contributed by atoms with Gasteiger partial charge in [0.15, 0.2) is 0 Å². The lowest BCUT2D eigenvalue weighted by atomic mass is 9.84. The van der Waals surface area contributed by atoms with Gasteiger partial charge in [-0.25, -0.2) is 18.1 Å². The van der Waals surface area contributed by atoms with Crippen molar-refractivity contribution in [3.05, 3.63) is 35.3 Å². The fourth-order valence-corrected chi connectivity index (χ4v) is 5.75.